The van der Waals surface area contributed by atoms with Crippen molar-refractivity contribution < 1.29 is 18.7 Å². The lowest BCUT2D eigenvalue weighted by molar-refractivity contribution is 0.0661. The van der Waals surface area contributed by atoms with Crippen molar-refractivity contribution >= 4 is 52.0 Å². The molecule has 14 heteroatoms. The third kappa shape index (κ3) is 6.67. The molecule has 190 valence electrons. The van der Waals surface area contributed by atoms with Crippen LogP contribution in [0.25, 0.3) is 0 Å². The number of alkyl halides is 1. The zero-order chi connectivity index (χ0) is 24.9. The summed E-state index contributed by atoms with van der Waals surface area (Å²) in [5.74, 6) is 0.623. The second-order valence-corrected chi connectivity index (χ2v) is 10.3. The Morgan fingerprint density at radius 3 is 2.71 bits per heavy atom. The maximum Gasteiger partial charge on any atom is 0.413 e. The average Bonchev–Trinajstić information content (AvgIpc) is 3.25. The number of ether oxygens (including phenoxy) is 1. The van der Waals surface area contributed by atoms with E-state index in [1.807, 2.05) is 7.05 Å². The number of amides is 3. The zero-order valence-electron chi connectivity index (χ0n) is 19.5. The first-order valence-electron chi connectivity index (χ1n) is 11.3. The van der Waals surface area contributed by atoms with Gasteiger partial charge in [0.2, 0.25) is 5.95 Å². The molecule has 4 heterocycles. The molecule has 35 heavy (non-hydrogen) atoms. The van der Waals surface area contributed by atoms with Gasteiger partial charge >= 0.3 is 12.1 Å². The molecular formula is C21H28ClFN8O3S. The van der Waals surface area contributed by atoms with Gasteiger partial charge in [-0.2, -0.15) is 4.98 Å². The molecule has 0 saturated carbocycles. The lowest BCUT2D eigenvalue weighted by Crippen LogP contribution is -2.55. The average molecular weight is 527 g/mol. The molecule has 2 saturated heterocycles. The van der Waals surface area contributed by atoms with Crippen molar-refractivity contribution in [3.63, 3.8) is 0 Å². The van der Waals surface area contributed by atoms with Gasteiger partial charge in [-0.1, -0.05) is 22.9 Å². The number of anilines is 3. The summed E-state index contributed by atoms with van der Waals surface area (Å²) in [5.41, 5.74) is 0. The molecular weight excluding hydrogens is 499 g/mol. The standard InChI is InChI=1S/C21H28ClFN8O3S/c1-29-8-4-13(5-9-29)34-21(33)27-17-3-7-24-18(26-17)31-10-6-14(23)15(12-31)30(2)20(32)28-19-25-11-16(22)35-19/h3,7,11,13-15H,4-6,8-10,12H2,1-2H3,(H,25,28,32)(H,24,26,27,33)/t14-,15+/m1/s1. The van der Waals surface area contributed by atoms with Gasteiger partial charge in [-0.25, -0.2) is 23.9 Å². The minimum absolute atomic E-state index is 0.126. The number of hydrogen-bond acceptors (Lipinski definition) is 9. The maximum absolute atomic E-state index is 14.8. The van der Waals surface area contributed by atoms with E-state index in [-0.39, 0.29) is 19.1 Å². The van der Waals surface area contributed by atoms with Crippen LogP contribution >= 0.6 is 22.9 Å². The molecule has 0 radical (unpaired) electrons. The first kappa shape index (κ1) is 25.3. The molecule has 3 amide bonds. The predicted molar refractivity (Wildman–Crippen MR) is 132 cm³/mol. The van der Waals surface area contributed by atoms with Crippen LogP contribution in [0, 0.1) is 0 Å². The third-order valence-electron chi connectivity index (χ3n) is 6.10. The van der Waals surface area contributed by atoms with E-state index in [0.29, 0.717) is 27.8 Å². The molecule has 2 aliphatic rings. The number of hydrogen-bond donors (Lipinski definition) is 2. The lowest BCUT2D eigenvalue weighted by atomic mass is 10.0. The molecule has 4 rings (SSSR count). The molecule has 2 aliphatic heterocycles. The van der Waals surface area contributed by atoms with Gasteiger partial charge < -0.3 is 19.4 Å². The molecule has 2 aromatic heterocycles. The first-order chi connectivity index (χ1) is 16.8. The summed E-state index contributed by atoms with van der Waals surface area (Å²) < 4.78 is 20.7. The van der Waals surface area contributed by atoms with Crippen LogP contribution in [0.2, 0.25) is 4.34 Å². The molecule has 2 aromatic rings. The van der Waals surface area contributed by atoms with Gasteiger partial charge in [-0.05, 0) is 32.4 Å². The highest BCUT2D eigenvalue weighted by molar-refractivity contribution is 7.19. The summed E-state index contributed by atoms with van der Waals surface area (Å²) in [7, 11) is 3.57. The number of piperidine rings is 2. The van der Waals surface area contributed by atoms with Gasteiger partial charge in [0.05, 0.1) is 12.2 Å². The Morgan fingerprint density at radius 2 is 2.00 bits per heavy atom. The van der Waals surface area contributed by atoms with Crippen molar-refractivity contribution in [1.82, 2.24) is 24.8 Å². The number of thiazole rings is 1. The third-order valence-corrected chi connectivity index (χ3v) is 7.13. The maximum atomic E-state index is 14.8. The SMILES string of the molecule is CN1CCC(OC(=O)Nc2ccnc(N3CC[C@@H](F)[C@@H](N(C)C(=O)Nc4ncc(Cl)s4)C3)n2)CC1. The van der Waals surface area contributed by atoms with Crippen LogP contribution in [0.15, 0.2) is 18.5 Å². The normalized spacial score (nSPS) is 21.4. The number of carbonyl (C=O) groups is 2. The summed E-state index contributed by atoms with van der Waals surface area (Å²) in [6.07, 6.45) is 2.82. The van der Waals surface area contributed by atoms with E-state index in [2.05, 4.69) is 30.5 Å². The number of nitrogens with zero attached hydrogens (tertiary/aromatic N) is 6. The second kappa shape index (κ2) is 11.3. The Morgan fingerprint density at radius 1 is 1.23 bits per heavy atom. The summed E-state index contributed by atoms with van der Waals surface area (Å²) in [6, 6.07) is 0.352. The van der Waals surface area contributed by atoms with Crippen LogP contribution in [0.3, 0.4) is 0 Å². The molecule has 11 nitrogen and oxygen atoms in total. The van der Waals surface area contributed by atoms with E-state index in [0.717, 1.165) is 37.3 Å². The van der Waals surface area contributed by atoms with E-state index >= 15 is 0 Å². The Kier molecular flexibility index (Phi) is 8.19. The summed E-state index contributed by atoms with van der Waals surface area (Å²) >= 11 is 6.98. The van der Waals surface area contributed by atoms with Gasteiger partial charge in [-0.3, -0.25) is 10.6 Å². The fourth-order valence-corrected chi connectivity index (χ4v) is 4.85. The van der Waals surface area contributed by atoms with Crippen molar-refractivity contribution in [2.45, 2.75) is 37.6 Å². The second-order valence-electron chi connectivity index (χ2n) is 8.60. The number of likely N-dealkylation sites (tertiary alicyclic amines) is 1. The van der Waals surface area contributed by atoms with Crippen LogP contribution in [0.4, 0.5) is 30.9 Å². The summed E-state index contributed by atoms with van der Waals surface area (Å²) in [6.45, 7) is 2.32. The number of aromatic nitrogens is 3. The van der Waals surface area contributed by atoms with Crippen molar-refractivity contribution in [2.24, 2.45) is 0 Å². The van der Waals surface area contributed by atoms with Crippen molar-refractivity contribution in [2.75, 3.05) is 55.8 Å². The number of urea groups is 1. The largest absolute Gasteiger partial charge is 0.446 e. The number of carbonyl (C=O) groups excluding carboxylic acids is 2. The monoisotopic (exact) mass is 526 g/mol. The number of rotatable bonds is 5. The molecule has 0 unspecified atom stereocenters. The van der Waals surface area contributed by atoms with Gasteiger partial charge in [0.1, 0.15) is 22.4 Å². The van der Waals surface area contributed by atoms with Gasteiger partial charge in [0.15, 0.2) is 5.13 Å². The Bertz CT molecular complexity index is 1040. The number of nitrogens with one attached hydrogen (secondary N) is 2. The Balaban J connectivity index is 1.35. The van der Waals surface area contributed by atoms with Crippen molar-refractivity contribution in [3.05, 3.63) is 22.8 Å². The smallest absolute Gasteiger partial charge is 0.413 e. The van der Waals surface area contributed by atoms with E-state index in [9.17, 15) is 14.0 Å². The highest BCUT2D eigenvalue weighted by atomic mass is 35.5. The van der Waals surface area contributed by atoms with Gasteiger partial charge in [0.25, 0.3) is 0 Å². The van der Waals surface area contributed by atoms with Crippen molar-refractivity contribution in [1.29, 1.82) is 0 Å². The van der Waals surface area contributed by atoms with Crippen molar-refractivity contribution in [3.8, 4) is 0 Å². The fourth-order valence-electron chi connectivity index (χ4n) is 4.05. The topological polar surface area (TPSA) is 116 Å². The van der Waals surface area contributed by atoms with Crippen LogP contribution in [0.5, 0.6) is 0 Å². The molecule has 0 aromatic carbocycles. The summed E-state index contributed by atoms with van der Waals surface area (Å²) in [4.78, 5) is 42.9. The molecule has 2 fully saturated rings. The zero-order valence-corrected chi connectivity index (χ0v) is 21.1. The van der Waals surface area contributed by atoms with Crippen LogP contribution in [-0.2, 0) is 4.74 Å². The number of halogens is 2. The Labute approximate surface area is 211 Å². The molecule has 2 atom stereocenters. The highest BCUT2D eigenvalue weighted by Gasteiger charge is 2.35. The Hall–Kier alpha value is -2.77. The molecule has 0 spiro atoms. The lowest BCUT2D eigenvalue weighted by Gasteiger charge is -2.39. The highest BCUT2D eigenvalue weighted by Crippen LogP contribution is 2.25. The number of likely N-dealkylation sites (N-methyl/N-ethyl adjacent to an activating group) is 1. The quantitative estimate of drug-likeness (QED) is 0.609. The van der Waals surface area contributed by atoms with Crippen LogP contribution in [-0.4, -0.2) is 95.5 Å². The molecule has 0 bridgehead atoms. The van der Waals surface area contributed by atoms with E-state index in [1.165, 1.54) is 24.3 Å². The molecule has 2 N–H and O–H groups in total. The minimum atomic E-state index is -1.22. The predicted octanol–water partition coefficient (Wildman–Crippen LogP) is 3.31. The molecule has 0 aliphatic carbocycles. The fraction of sp³-hybridized carbons (Fsp3) is 0.571. The van der Waals surface area contributed by atoms with Crippen LogP contribution in [0.1, 0.15) is 19.3 Å². The first-order valence-corrected chi connectivity index (χ1v) is 12.5. The van der Waals surface area contributed by atoms with Crippen LogP contribution < -0.4 is 15.5 Å². The van der Waals surface area contributed by atoms with E-state index < -0.39 is 24.3 Å². The van der Waals surface area contributed by atoms with Gasteiger partial charge in [-0.15, -0.1) is 0 Å². The van der Waals surface area contributed by atoms with Gasteiger partial charge in [0, 0.05) is 39.4 Å². The van der Waals surface area contributed by atoms with E-state index in [1.54, 1.807) is 11.0 Å². The van der Waals surface area contributed by atoms with E-state index in [4.69, 9.17) is 16.3 Å². The minimum Gasteiger partial charge on any atom is -0.446 e. The summed E-state index contributed by atoms with van der Waals surface area (Å²) in [5, 5.41) is 5.62.